The van der Waals surface area contributed by atoms with E-state index in [-0.39, 0.29) is 0 Å². The lowest BCUT2D eigenvalue weighted by atomic mass is 9.97. The van der Waals surface area contributed by atoms with Gasteiger partial charge in [-0.1, -0.05) is 26.7 Å². The lowest BCUT2D eigenvalue weighted by Gasteiger charge is -2.35. The molecule has 1 N–H and O–H groups in total. The molecule has 0 amide bonds. The van der Waals surface area contributed by atoms with E-state index in [0.29, 0.717) is 0 Å². The van der Waals surface area contributed by atoms with Crippen molar-refractivity contribution in [2.45, 2.75) is 58.4 Å². The third-order valence-corrected chi connectivity index (χ3v) is 4.33. The molecule has 1 aliphatic heterocycles. The number of hydrogen-bond acceptors (Lipinski definition) is 2. The van der Waals surface area contributed by atoms with E-state index >= 15 is 0 Å². The summed E-state index contributed by atoms with van der Waals surface area (Å²) in [5, 5.41) is 3.56. The maximum Gasteiger partial charge on any atom is 0.00954 e. The van der Waals surface area contributed by atoms with Crippen LogP contribution in [0, 0.1) is 11.8 Å². The van der Waals surface area contributed by atoms with E-state index in [1.165, 1.54) is 64.7 Å². The molecule has 1 heterocycles. The fraction of sp³-hybridized carbons (Fsp3) is 1.00. The Morgan fingerprint density at radius 3 is 2.47 bits per heavy atom. The quantitative estimate of drug-likeness (QED) is 0.792. The lowest BCUT2D eigenvalue weighted by Crippen LogP contribution is -2.43. The summed E-state index contributed by atoms with van der Waals surface area (Å²) in [5.74, 6) is 1.72. The van der Waals surface area contributed by atoms with Crippen LogP contribution in [0.5, 0.6) is 0 Å². The Labute approximate surface area is 107 Å². The van der Waals surface area contributed by atoms with Crippen LogP contribution in [0.1, 0.15) is 52.4 Å². The van der Waals surface area contributed by atoms with Crippen LogP contribution in [0.25, 0.3) is 0 Å². The third kappa shape index (κ3) is 4.26. The largest absolute Gasteiger partial charge is 0.316 e. The van der Waals surface area contributed by atoms with Gasteiger partial charge in [0.15, 0.2) is 0 Å². The van der Waals surface area contributed by atoms with Gasteiger partial charge in [-0.2, -0.15) is 0 Å². The first-order valence-electron chi connectivity index (χ1n) is 7.70. The van der Waals surface area contributed by atoms with Crippen molar-refractivity contribution in [2.75, 3.05) is 26.2 Å². The molecule has 2 fully saturated rings. The minimum absolute atomic E-state index is 0.812. The van der Waals surface area contributed by atoms with Crippen molar-refractivity contribution in [2.24, 2.45) is 11.8 Å². The Bertz CT molecular complexity index is 203. The molecule has 1 aliphatic carbocycles. The Morgan fingerprint density at radius 2 is 1.88 bits per heavy atom. The SMILES string of the molecule is CC(C)CN(CC1CCCNC1)C1CCCC1. The van der Waals surface area contributed by atoms with E-state index in [1.54, 1.807) is 0 Å². The van der Waals surface area contributed by atoms with Gasteiger partial charge in [0.05, 0.1) is 0 Å². The molecule has 1 saturated carbocycles. The first kappa shape index (κ1) is 13.4. The highest BCUT2D eigenvalue weighted by molar-refractivity contribution is 4.81. The smallest absolute Gasteiger partial charge is 0.00954 e. The van der Waals surface area contributed by atoms with Gasteiger partial charge in [0.25, 0.3) is 0 Å². The monoisotopic (exact) mass is 238 g/mol. The average molecular weight is 238 g/mol. The normalized spacial score (nSPS) is 27.2. The van der Waals surface area contributed by atoms with Crippen LogP contribution in [-0.4, -0.2) is 37.1 Å². The molecule has 0 bridgehead atoms. The van der Waals surface area contributed by atoms with Crippen molar-refractivity contribution in [1.29, 1.82) is 0 Å². The van der Waals surface area contributed by atoms with Crippen molar-refractivity contribution in [3.05, 3.63) is 0 Å². The van der Waals surface area contributed by atoms with Gasteiger partial charge in [0, 0.05) is 19.1 Å². The number of rotatable bonds is 5. The van der Waals surface area contributed by atoms with Crippen LogP contribution < -0.4 is 5.32 Å². The summed E-state index contributed by atoms with van der Waals surface area (Å²) in [4.78, 5) is 2.81. The lowest BCUT2D eigenvalue weighted by molar-refractivity contribution is 0.139. The van der Waals surface area contributed by atoms with E-state index in [9.17, 15) is 0 Å². The van der Waals surface area contributed by atoms with Crippen LogP contribution in [0.4, 0.5) is 0 Å². The van der Waals surface area contributed by atoms with E-state index in [0.717, 1.165) is 17.9 Å². The van der Waals surface area contributed by atoms with Crippen LogP contribution in [0.2, 0.25) is 0 Å². The summed E-state index contributed by atoms with van der Waals surface area (Å²) in [5.41, 5.74) is 0. The summed E-state index contributed by atoms with van der Waals surface area (Å²) >= 11 is 0. The van der Waals surface area contributed by atoms with Gasteiger partial charge >= 0.3 is 0 Å². The standard InChI is InChI=1S/C15H30N2/c1-13(2)11-17(15-7-3-4-8-15)12-14-6-5-9-16-10-14/h13-16H,3-12H2,1-2H3. The molecule has 2 aliphatic rings. The predicted octanol–water partition coefficient (Wildman–Crippen LogP) is 2.89. The second kappa shape index (κ2) is 6.75. The zero-order valence-corrected chi connectivity index (χ0v) is 11.8. The highest BCUT2D eigenvalue weighted by atomic mass is 15.2. The molecule has 0 radical (unpaired) electrons. The fourth-order valence-corrected chi connectivity index (χ4v) is 3.52. The summed E-state index contributed by atoms with van der Waals surface area (Å²) in [6.07, 6.45) is 8.64. The molecule has 17 heavy (non-hydrogen) atoms. The van der Waals surface area contributed by atoms with Crippen molar-refractivity contribution in [1.82, 2.24) is 10.2 Å². The highest BCUT2D eigenvalue weighted by Gasteiger charge is 2.25. The number of nitrogens with one attached hydrogen (secondary N) is 1. The Kier molecular flexibility index (Phi) is 5.30. The van der Waals surface area contributed by atoms with Crippen LogP contribution >= 0.6 is 0 Å². The van der Waals surface area contributed by atoms with Gasteiger partial charge < -0.3 is 5.32 Å². The van der Waals surface area contributed by atoms with Gasteiger partial charge in [-0.25, -0.2) is 0 Å². The number of piperidine rings is 1. The molecule has 0 spiro atoms. The van der Waals surface area contributed by atoms with Crippen molar-refractivity contribution in [3.8, 4) is 0 Å². The molecule has 0 aromatic rings. The zero-order chi connectivity index (χ0) is 12.1. The Morgan fingerprint density at radius 1 is 1.12 bits per heavy atom. The Balaban J connectivity index is 1.84. The fourth-order valence-electron chi connectivity index (χ4n) is 3.52. The van der Waals surface area contributed by atoms with Gasteiger partial charge in [0.1, 0.15) is 0 Å². The van der Waals surface area contributed by atoms with Gasteiger partial charge in [0.2, 0.25) is 0 Å². The molecule has 100 valence electrons. The molecule has 2 heteroatoms. The molecule has 2 rings (SSSR count). The molecule has 0 aromatic carbocycles. The molecular weight excluding hydrogens is 208 g/mol. The van der Waals surface area contributed by atoms with Crippen LogP contribution in [0.3, 0.4) is 0 Å². The van der Waals surface area contributed by atoms with Gasteiger partial charge in [-0.3, -0.25) is 4.90 Å². The topological polar surface area (TPSA) is 15.3 Å². The molecule has 2 nitrogen and oxygen atoms in total. The van der Waals surface area contributed by atoms with Crippen molar-refractivity contribution >= 4 is 0 Å². The van der Waals surface area contributed by atoms with Crippen LogP contribution in [-0.2, 0) is 0 Å². The minimum Gasteiger partial charge on any atom is -0.316 e. The zero-order valence-electron chi connectivity index (χ0n) is 11.8. The number of nitrogens with zero attached hydrogens (tertiary/aromatic N) is 1. The summed E-state index contributed by atoms with van der Waals surface area (Å²) in [7, 11) is 0. The van der Waals surface area contributed by atoms with E-state index < -0.39 is 0 Å². The van der Waals surface area contributed by atoms with E-state index in [2.05, 4.69) is 24.1 Å². The van der Waals surface area contributed by atoms with Crippen LogP contribution in [0.15, 0.2) is 0 Å². The van der Waals surface area contributed by atoms with E-state index in [1.807, 2.05) is 0 Å². The highest BCUT2D eigenvalue weighted by Crippen LogP contribution is 2.26. The first-order valence-corrected chi connectivity index (χ1v) is 7.70. The predicted molar refractivity (Wildman–Crippen MR) is 74.3 cm³/mol. The van der Waals surface area contributed by atoms with Crippen molar-refractivity contribution < 1.29 is 0 Å². The van der Waals surface area contributed by atoms with Gasteiger partial charge in [-0.05, 0) is 50.6 Å². The molecular formula is C15H30N2. The summed E-state index contributed by atoms with van der Waals surface area (Å²) < 4.78 is 0. The average Bonchev–Trinajstić information content (AvgIpc) is 2.82. The minimum atomic E-state index is 0.812. The first-order chi connectivity index (χ1) is 8.25. The second-order valence-electron chi connectivity index (χ2n) is 6.50. The third-order valence-electron chi connectivity index (χ3n) is 4.33. The van der Waals surface area contributed by atoms with Gasteiger partial charge in [-0.15, -0.1) is 0 Å². The summed E-state index contributed by atoms with van der Waals surface area (Å²) in [6.45, 7) is 9.87. The summed E-state index contributed by atoms with van der Waals surface area (Å²) in [6, 6.07) is 0.902. The maximum absolute atomic E-state index is 3.56. The van der Waals surface area contributed by atoms with E-state index in [4.69, 9.17) is 0 Å². The number of hydrogen-bond donors (Lipinski definition) is 1. The molecule has 1 unspecified atom stereocenters. The Hall–Kier alpha value is -0.0800. The molecule has 1 atom stereocenters. The second-order valence-corrected chi connectivity index (χ2v) is 6.50. The molecule has 0 aromatic heterocycles. The van der Waals surface area contributed by atoms with Crippen molar-refractivity contribution in [3.63, 3.8) is 0 Å². The maximum atomic E-state index is 3.56. The molecule has 1 saturated heterocycles.